The number of benzene rings is 1. The average Bonchev–Trinajstić information content (AvgIpc) is 2.58. The molecule has 146 valence electrons. The number of aliphatic hydroxyl groups is 1. The zero-order chi connectivity index (χ0) is 19.9. The first-order valence-electron chi connectivity index (χ1n) is 9.08. The fourth-order valence-corrected chi connectivity index (χ4v) is 3.03. The Labute approximate surface area is 158 Å². The first kappa shape index (κ1) is 22.1. The largest absolute Gasteiger partial charge is 0.496 e. The molecule has 1 N–H and O–H groups in total. The van der Waals surface area contributed by atoms with E-state index in [1.165, 1.54) is 5.57 Å². The van der Waals surface area contributed by atoms with E-state index in [1.54, 1.807) is 27.4 Å². The van der Waals surface area contributed by atoms with Crippen LogP contribution in [0.4, 0.5) is 0 Å². The monoisotopic (exact) mass is 362 g/mol. The summed E-state index contributed by atoms with van der Waals surface area (Å²) in [5, 5.41) is 10.8. The van der Waals surface area contributed by atoms with Crippen LogP contribution in [0.5, 0.6) is 17.2 Å². The Bertz CT molecular complexity index is 653. The van der Waals surface area contributed by atoms with Crippen LogP contribution in [0, 0.1) is 0 Å². The van der Waals surface area contributed by atoms with Gasteiger partial charge in [0.05, 0.1) is 21.3 Å². The summed E-state index contributed by atoms with van der Waals surface area (Å²) >= 11 is 0. The molecule has 0 aliphatic rings. The van der Waals surface area contributed by atoms with Crippen molar-refractivity contribution in [3.63, 3.8) is 0 Å². The molecule has 1 aromatic rings. The molecule has 0 saturated heterocycles. The summed E-state index contributed by atoms with van der Waals surface area (Å²) in [7, 11) is 4.84. The fraction of sp³-hybridized carbons (Fsp3) is 0.545. The normalized spacial score (nSPS) is 12.8. The summed E-state index contributed by atoms with van der Waals surface area (Å²) in [5.74, 6) is 2.06. The highest BCUT2D eigenvalue weighted by Gasteiger charge is 2.25. The standard InChI is InChI=1S/C22H34O4/c1-14(2)10-9-11-16(5)12-18(23)17-13-19(24-6)22(26-8)20(15(3)4)21(17)25-7/h10,12-13,15,18,23H,9,11H2,1-8H3/b16-12+. The average molecular weight is 363 g/mol. The molecular formula is C22H34O4. The predicted octanol–water partition coefficient (Wildman–Crippen LogP) is 5.56. The summed E-state index contributed by atoms with van der Waals surface area (Å²) in [4.78, 5) is 0. The summed E-state index contributed by atoms with van der Waals surface area (Å²) in [6, 6.07) is 1.80. The molecule has 0 saturated carbocycles. The molecule has 1 aromatic carbocycles. The molecule has 4 heteroatoms. The number of hydrogen-bond donors (Lipinski definition) is 1. The van der Waals surface area contributed by atoms with Gasteiger partial charge in [-0.25, -0.2) is 0 Å². The molecule has 26 heavy (non-hydrogen) atoms. The Balaban J connectivity index is 3.33. The van der Waals surface area contributed by atoms with Gasteiger partial charge in [0.25, 0.3) is 0 Å². The first-order valence-corrected chi connectivity index (χ1v) is 9.08. The van der Waals surface area contributed by atoms with E-state index in [2.05, 4.69) is 33.8 Å². The van der Waals surface area contributed by atoms with Gasteiger partial charge in [-0.1, -0.05) is 37.1 Å². The Kier molecular flexibility index (Phi) is 8.73. The smallest absolute Gasteiger partial charge is 0.167 e. The van der Waals surface area contributed by atoms with Crippen LogP contribution in [-0.4, -0.2) is 26.4 Å². The van der Waals surface area contributed by atoms with Crippen molar-refractivity contribution >= 4 is 0 Å². The zero-order valence-corrected chi connectivity index (χ0v) is 17.5. The van der Waals surface area contributed by atoms with E-state index >= 15 is 0 Å². The molecule has 0 fully saturated rings. The molecule has 0 aliphatic heterocycles. The summed E-state index contributed by atoms with van der Waals surface area (Å²) < 4.78 is 16.7. The second-order valence-electron chi connectivity index (χ2n) is 7.08. The minimum absolute atomic E-state index is 0.156. The Hall–Kier alpha value is -1.94. The van der Waals surface area contributed by atoms with Crippen LogP contribution in [0.2, 0.25) is 0 Å². The minimum atomic E-state index is -0.769. The summed E-state index contributed by atoms with van der Waals surface area (Å²) in [6.07, 6.45) is 5.20. The SMILES string of the molecule is COc1cc(C(O)/C=C(\C)CCC=C(C)C)c(OC)c(C(C)C)c1OC. The maximum Gasteiger partial charge on any atom is 0.167 e. The van der Waals surface area contributed by atoms with E-state index in [0.29, 0.717) is 22.8 Å². The zero-order valence-electron chi connectivity index (χ0n) is 17.5. The molecule has 0 amide bonds. The number of rotatable bonds is 9. The lowest BCUT2D eigenvalue weighted by Crippen LogP contribution is -2.07. The number of hydrogen-bond acceptors (Lipinski definition) is 4. The van der Waals surface area contributed by atoms with Gasteiger partial charge in [-0.15, -0.1) is 0 Å². The van der Waals surface area contributed by atoms with Crippen LogP contribution < -0.4 is 14.2 Å². The molecule has 1 rings (SSSR count). The maximum absolute atomic E-state index is 10.8. The lowest BCUT2D eigenvalue weighted by Gasteiger charge is -2.23. The van der Waals surface area contributed by atoms with E-state index < -0.39 is 6.10 Å². The molecule has 0 bridgehead atoms. The summed E-state index contributed by atoms with van der Waals surface area (Å²) in [5.41, 5.74) is 4.04. The van der Waals surface area contributed by atoms with E-state index in [4.69, 9.17) is 14.2 Å². The van der Waals surface area contributed by atoms with Gasteiger partial charge < -0.3 is 19.3 Å². The van der Waals surface area contributed by atoms with Crippen LogP contribution in [0.15, 0.2) is 29.4 Å². The summed E-state index contributed by atoms with van der Waals surface area (Å²) in [6.45, 7) is 10.4. The lowest BCUT2D eigenvalue weighted by atomic mass is 9.94. The van der Waals surface area contributed by atoms with Crippen LogP contribution in [0.25, 0.3) is 0 Å². The highest BCUT2D eigenvalue weighted by atomic mass is 16.5. The lowest BCUT2D eigenvalue weighted by molar-refractivity contribution is 0.219. The Morgan fingerprint density at radius 1 is 1.04 bits per heavy atom. The second-order valence-corrected chi connectivity index (χ2v) is 7.08. The molecular weight excluding hydrogens is 328 g/mol. The van der Waals surface area contributed by atoms with Gasteiger partial charge in [0.15, 0.2) is 11.5 Å². The highest BCUT2D eigenvalue weighted by Crippen LogP contribution is 2.46. The second kappa shape index (κ2) is 10.3. The third-order valence-corrected chi connectivity index (χ3v) is 4.32. The molecule has 0 spiro atoms. The first-order chi connectivity index (χ1) is 12.3. The molecule has 0 heterocycles. The van der Waals surface area contributed by atoms with Crippen molar-refractivity contribution in [2.24, 2.45) is 0 Å². The van der Waals surface area contributed by atoms with Gasteiger partial charge in [0.1, 0.15) is 11.9 Å². The van der Waals surface area contributed by atoms with Crippen molar-refractivity contribution in [2.75, 3.05) is 21.3 Å². The van der Waals surface area contributed by atoms with Gasteiger partial charge >= 0.3 is 0 Å². The van der Waals surface area contributed by atoms with E-state index in [-0.39, 0.29) is 5.92 Å². The van der Waals surface area contributed by atoms with Crippen LogP contribution in [-0.2, 0) is 0 Å². The van der Waals surface area contributed by atoms with Crippen molar-refractivity contribution < 1.29 is 19.3 Å². The van der Waals surface area contributed by atoms with E-state index in [0.717, 1.165) is 24.0 Å². The van der Waals surface area contributed by atoms with Crippen LogP contribution >= 0.6 is 0 Å². The van der Waals surface area contributed by atoms with Gasteiger partial charge in [0.2, 0.25) is 0 Å². The molecule has 0 radical (unpaired) electrons. The van der Waals surface area contributed by atoms with Crippen LogP contribution in [0.3, 0.4) is 0 Å². The van der Waals surface area contributed by atoms with Crippen molar-refractivity contribution in [2.45, 2.75) is 59.5 Å². The molecule has 0 aromatic heterocycles. The van der Waals surface area contributed by atoms with Crippen molar-refractivity contribution in [1.29, 1.82) is 0 Å². The predicted molar refractivity (Wildman–Crippen MR) is 108 cm³/mol. The van der Waals surface area contributed by atoms with Crippen molar-refractivity contribution in [1.82, 2.24) is 0 Å². The van der Waals surface area contributed by atoms with Crippen molar-refractivity contribution in [3.8, 4) is 17.2 Å². The van der Waals surface area contributed by atoms with E-state index in [9.17, 15) is 5.11 Å². The Morgan fingerprint density at radius 2 is 1.65 bits per heavy atom. The number of aliphatic hydroxyl groups excluding tert-OH is 1. The van der Waals surface area contributed by atoms with Crippen LogP contribution in [0.1, 0.15) is 70.6 Å². The minimum Gasteiger partial charge on any atom is -0.496 e. The van der Waals surface area contributed by atoms with Gasteiger partial charge in [-0.3, -0.25) is 0 Å². The van der Waals surface area contributed by atoms with Gasteiger partial charge in [-0.2, -0.15) is 0 Å². The molecule has 4 nitrogen and oxygen atoms in total. The fourth-order valence-electron chi connectivity index (χ4n) is 3.03. The third kappa shape index (κ3) is 5.53. The van der Waals surface area contributed by atoms with Crippen molar-refractivity contribution in [3.05, 3.63) is 40.5 Å². The number of ether oxygens (including phenoxy) is 3. The molecule has 0 aliphatic carbocycles. The number of allylic oxidation sites excluding steroid dienone is 3. The third-order valence-electron chi connectivity index (χ3n) is 4.32. The van der Waals surface area contributed by atoms with E-state index in [1.807, 2.05) is 13.0 Å². The molecule has 1 unspecified atom stereocenters. The topological polar surface area (TPSA) is 47.9 Å². The van der Waals surface area contributed by atoms with Gasteiger partial charge in [0, 0.05) is 11.1 Å². The van der Waals surface area contributed by atoms with Gasteiger partial charge in [-0.05, 0) is 45.6 Å². The highest BCUT2D eigenvalue weighted by molar-refractivity contribution is 5.60. The quantitative estimate of drug-likeness (QED) is 0.584. The maximum atomic E-state index is 10.8. The Morgan fingerprint density at radius 3 is 2.12 bits per heavy atom. The molecule has 1 atom stereocenters. The number of methoxy groups -OCH3 is 3.